The van der Waals surface area contributed by atoms with Gasteiger partial charge < -0.3 is 14.5 Å². The fourth-order valence-corrected chi connectivity index (χ4v) is 2.00. The summed E-state index contributed by atoms with van der Waals surface area (Å²) >= 11 is 0. The van der Waals surface area contributed by atoms with E-state index in [1.54, 1.807) is 6.20 Å². The number of hydrogen-bond donors (Lipinski definition) is 1. The van der Waals surface area contributed by atoms with E-state index in [-0.39, 0.29) is 0 Å². The van der Waals surface area contributed by atoms with Crippen LogP contribution in [0.15, 0.2) is 28.8 Å². The van der Waals surface area contributed by atoms with Gasteiger partial charge in [-0.3, -0.25) is 4.98 Å². The minimum absolute atomic E-state index is 0.504. The van der Waals surface area contributed by atoms with Crippen molar-refractivity contribution in [2.24, 2.45) is 5.92 Å². The van der Waals surface area contributed by atoms with Crippen molar-refractivity contribution >= 4 is 0 Å². The van der Waals surface area contributed by atoms with Gasteiger partial charge in [0, 0.05) is 11.3 Å². The lowest BCUT2D eigenvalue weighted by Gasteiger charge is -2.05. The zero-order valence-electron chi connectivity index (χ0n) is 13.3. The molecule has 0 atom stereocenters. The first-order chi connectivity index (χ1) is 10.0. The lowest BCUT2D eigenvalue weighted by atomic mass is 10.2. The third-order valence-corrected chi connectivity index (χ3v) is 3.20. The van der Waals surface area contributed by atoms with Crippen LogP contribution in [-0.4, -0.2) is 11.5 Å². The highest BCUT2D eigenvalue weighted by molar-refractivity contribution is 5.23. The monoisotopic (exact) mass is 288 g/mol. The van der Waals surface area contributed by atoms with E-state index in [4.69, 9.17) is 9.15 Å². The van der Waals surface area contributed by atoms with Crippen molar-refractivity contribution in [3.8, 4) is 5.75 Å². The summed E-state index contributed by atoms with van der Waals surface area (Å²) in [5.74, 6) is 3.28. The Bertz CT molecular complexity index is 559. The highest BCUT2D eigenvalue weighted by Gasteiger charge is 2.08. The lowest BCUT2D eigenvalue weighted by molar-refractivity contribution is 0.301. The van der Waals surface area contributed by atoms with Crippen LogP contribution < -0.4 is 10.1 Å². The zero-order chi connectivity index (χ0) is 15.2. The summed E-state index contributed by atoms with van der Waals surface area (Å²) in [4.78, 5) is 4.22. The molecule has 0 saturated carbocycles. The summed E-state index contributed by atoms with van der Waals surface area (Å²) in [6.45, 7) is 10.6. The van der Waals surface area contributed by atoms with Crippen molar-refractivity contribution in [2.45, 2.75) is 40.8 Å². The third kappa shape index (κ3) is 4.90. The molecule has 1 N–H and O–H groups in total. The molecule has 2 aromatic heterocycles. The van der Waals surface area contributed by atoms with Gasteiger partial charge in [-0.2, -0.15) is 0 Å². The van der Waals surface area contributed by atoms with Gasteiger partial charge in [0.2, 0.25) is 0 Å². The fourth-order valence-electron chi connectivity index (χ4n) is 2.00. The van der Waals surface area contributed by atoms with Crippen LogP contribution in [0.3, 0.4) is 0 Å². The highest BCUT2D eigenvalue weighted by Crippen LogP contribution is 2.18. The van der Waals surface area contributed by atoms with Gasteiger partial charge in [0.15, 0.2) is 0 Å². The molecule has 0 fully saturated rings. The highest BCUT2D eigenvalue weighted by atomic mass is 16.5. The third-order valence-electron chi connectivity index (χ3n) is 3.20. The molecule has 2 aromatic rings. The molecule has 2 heterocycles. The second-order valence-electron chi connectivity index (χ2n) is 5.74. The molecule has 0 bridgehead atoms. The van der Waals surface area contributed by atoms with Crippen LogP contribution in [0.4, 0.5) is 0 Å². The van der Waals surface area contributed by atoms with Gasteiger partial charge in [-0.1, -0.05) is 13.8 Å². The molecule has 4 nitrogen and oxygen atoms in total. The van der Waals surface area contributed by atoms with E-state index in [1.165, 1.54) is 0 Å². The molecule has 114 valence electrons. The number of ether oxygens (including phenoxy) is 1. The topological polar surface area (TPSA) is 47.3 Å². The molecule has 0 aliphatic heterocycles. The normalized spacial score (nSPS) is 11.1. The SMILES string of the molecule is Cc1ccc(OCc2cc(CNCC(C)C)oc2C)cn1. The number of furan rings is 1. The van der Waals surface area contributed by atoms with Gasteiger partial charge in [-0.05, 0) is 44.5 Å². The van der Waals surface area contributed by atoms with E-state index in [2.05, 4.69) is 30.2 Å². The summed E-state index contributed by atoms with van der Waals surface area (Å²) in [5, 5.41) is 3.38. The molecule has 2 rings (SSSR count). The summed E-state index contributed by atoms with van der Waals surface area (Å²) in [6, 6.07) is 5.94. The largest absolute Gasteiger partial charge is 0.487 e. The Hall–Kier alpha value is -1.81. The number of aromatic nitrogens is 1. The average molecular weight is 288 g/mol. The maximum Gasteiger partial charge on any atom is 0.138 e. The maximum absolute atomic E-state index is 5.75. The predicted molar refractivity (Wildman–Crippen MR) is 83.3 cm³/mol. The van der Waals surface area contributed by atoms with Crippen molar-refractivity contribution in [3.63, 3.8) is 0 Å². The number of hydrogen-bond acceptors (Lipinski definition) is 4. The molecular formula is C17H24N2O2. The maximum atomic E-state index is 5.75. The van der Waals surface area contributed by atoms with Crippen LogP contribution in [0.25, 0.3) is 0 Å². The first-order valence-corrected chi connectivity index (χ1v) is 7.39. The van der Waals surface area contributed by atoms with Crippen molar-refractivity contribution in [1.82, 2.24) is 10.3 Å². The second-order valence-corrected chi connectivity index (χ2v) is 5.74. The van der Waals surface area contributed by atoms with E-state index in [0.29, 0.717) is 12.5 Å². The predicted octanol–water partition coefficient (Wildman–Crippen LogP) is 3.62. The Morgan fingerprint density at radius 1 is 1.29 bits per heavy atom. The molecule has 0 unspecified atom stereocenters. The number of rotatable bonds is 7. The molecule has 4 heteroatoms. The molecule has 0 aromatic carbocycles. The van der Waals surface area contributed by atoms with Crippen LogP contribution in [0.2, 0.25) is 0 Å². The summed E-state index contributed by atoms with van der Waals surface area (Å²) in [6.07, 6.45) is 1.75. The van der Waals surface area contributed by atoms with Crippen molar-refractivity contribution in [3.05, 3.63) is 47.2 Å². The minimum atomic E-state index is 0.504. The number of pyridine rings is 1. The fraction of sp³-hybridized carbons (Fsp3) is 0.471. The number of aryl methyl sites for hydroxylation is 2. The van der Waals surface area contributed by atoms with Crippen molar-refractivity contribution in [2.75, 3.05) is 6.54 Å². The first-order valence-electron chi connectivity index (χ1n) is 7.39. The number of nitrogens with zero attached hydrogens (tertiary/aromatic N) is 1. The quantitative estimate of drug-likeness (QED) is 0.845. The van der Waals surface area contributed by atoms with Crippen LogP contribution in [0, 0.1) is 19.8 Å². The first kappa shape index (κ1) is 15.6. The number of nitrogens with one attached hydrogen (secondary N) is 1. The Morgan fingerprint density at radius 3 is 2.76 bits per heavy atom. The van der Waals surface area contributed by atoms with Gasteiger partial charge >= 0.3 is 0 Å². The van der Waals surface area contributed by atoms with Crippen LogP contribution in [-0.2, 0) is 13.2 Å². The zero-order valence-corrected chi connectivity index (χ0v) is 13.3. The van der Waals surface area contributed by atoms with Crippen LogP contribution >= 0.6 is 0 Å². The van der Waals surface area contributed by atoms with Crippen molar-refractivity contribution in [1.29, 1.82) is 0 Å². The molecule has 21 heavy (non-hydrogen) atoms. The Kier molecular flexibility index (Phi) is 5.39. The molecule has 0 radical (unpaired) electrons. The molecule has 0 aliphatic carbocycles. The standard InChI is InChI=1S/C17H24N2O2/c1-12(2)8-18-9-17-7-15(14(4)21-17)11-20-16-6-5-13(3)19-10-16/h5-7,10,12,18H,8-9,11H2,1-4H3. The Labute approximate surface area is 126 Å². The van der Waals surface area contributed by atoms with E-state index in [1.807, 2.05) is 26.0 Å². The van der Waals surface area contributed by atoms with E-state index in [9.17, 15) is 0 Å². The summed E-state index contributed by atoms with van der Waals surface area (Å²) in [7, 11) is 0. The van der Waals surface area contributed by atoms with Gasteiger partial charge in [-0.15, -0.1) is 0 Å². The molecule has 0 saturated heterocycles. The van der Waals surface area contributed by atoms with E-state index < -0.39 is 0 Å². The molecule has 0 aliphatic rings. The Morgan fingerprint density at radius 2 is 2.10 bits per heavy atom. The van der Waals surface area contributed by atoms with Crippen LogP contribution in [0.5, 0.6) is 5.75 Å². The summed E-state index contributed by atoms with van der Waals surface area (Å²) in [5.41, 5.74) is 2.07. The second kappa shape index (κ2) is 7.27. The molecular weight excluding hydrogens is 264 g/mol. The molecule has 0 spiro atoms. The van der Waals surface area contributed by atoms with Gasteiger partial charge in [0.05, 0.1) is 12.7 Å². The lowest BCUT2D eigenvalue weighted by Crippen LogP contribution is -2.18. The smallest absolute Gasteiger partial charge is 0.138 e. The van der Waals surface area contributed by atoms with E-state index >= 15 is 0 Å². The summed E-state index contributed by atoms with van der Waals surface area (Å²) < 4.78 is 11.5. The van der Waals surface area contributed by atoms with E-state index in [0.717, 1.165) is 41.6 Å². The Balaban J connectivity index is 1.88. The van der Waals surface area contributed by atoms with Gasteiger partial charge in [0.25, 0.3) is 0 Å². The van der Waals surface area contributed by atoms with Crippen LogP contribution in [0.1, 0.15) is 36.6 Å². The molecule has 0 amide bonds. The minimum Gasteiger partial charge on any atom is -0.487 e. The van der Waals surface area contributed by atoms with Crippen molar-refractivity contribution < 1.29 is 9.15 Å². The average Bonchev–Trinajstić information content (AvgIpc) is 2.78. The van der Waals surface area contributed by atoms with Gasteiger partial charge in [-0.25, -0.2) is 0 Å². The van der Waals surface area contributed by atoms with Gasteiger partial charge in [0.1, 0.15) is 23.9 Å².